The fourth-order valence-electron chi connectivity index (χ4n) is 2.52. The maximum Gasteiger partial charge on any atom is 0.156 e. The number of nitriles is 1. The van der Waals surface area contributed by atoms with Crippen LogP contribution in [0.2, 0.25) is 0 Å². The molecule has 1 N–H and O–H groups in total. The Hall–Kier alpha value is -1.41. The topological polar surface area (TPSA) is 54.3 Å². The summed E-state index contributed by atoms with van der Waals surface area (Å²) < 4.78 is 11.3. The van der Waals surface area contributed by atoms with Gasteiger partial charge in [0.2, 0.25) is 0 Å². The lowest BCUT2D eigenvalue weighted by atomic mass is 9.92. The zero-order chi connectivity index (χ0) is 13.8. The van der Waals surface area contributed by atoms with E-state index in [-0.39, 0.29) is 6.10 Å². The maximum absolute atomic E-state index is 9.76. The van der Waals surface area contributed by atoms with Crippen molar-refractivity contribution in [3.63, 3.8) is 0 Å². The lowest BCUT2D eigenvalue weighted by Crippen LogP contribution is -2.47. The lowest BCUT2D eigenvalue weighted by molar-refractivity contribution is 0.0154. The average Bonchev–Trinajstić information content (AvgIpc) is 3.16. The summed E-state index contributed by atoms with van der Waals surface area (Å²) in [6.07, 6.45) is 3.32. The van der Waals surface area contributed by atoms with Gasteiger partial charge in [0.1, 0.15) is 0 Å². The molecule has 2 unspecified atom stereocenters. The molecule has 2 fully saturated rings. The highest BCUT2D eigenvalue weighted by Gasteiger charge is 2.39. The molecule has 0 bridgehead atoms. The van der Waals surface area contributed by atoms with Crippen molar-refractivity contribution in [1.29, 1.82) is 5.26 Å². The fraction of sp³-hybridized carbons (Fsp3) is 0.562. The molecule has 4 nitrogen and oxygen atoms in total. The number of nitrogens with zero attached hydrogens (tertiary/aromatic N) is 1. The van der Waals surface area contributed by atoms with Crippen LogP contribution in [0.4, 0.5) is 0 Å². The SMILES string of the molecule is N#CC(COC1CCOC1)(NC1CC1)c1ccccc1. The summed E-state index contributed by atoms with van der Waals surface area (Å²) in [5, 5.41) is 13.2. The van der Waals surface area contributed by atoms with Crippen molar-refractivity contribution in [1.82, 2.24) is 5.32 Å². The van der Waals surface area contributed by atoms with Gasteiger partial charge in [-0.05, 0) is 24.8 Å². The van der Waals surface area contributed by atoms with Crippen molar-refractivity contribution >= 4 is 0 Å². The van der Waals surface area contributed by atoms with Crippen molar-refractivity contribution in [3.05, 3.63) is 35.9 Å². The molecule has 1 aromatic carbocycles. The molecule has 3 rings (SSSR count). The first-order valence-corrected chi connectivity index (χ1v) is 7.26. The molecule has 1 aliphatic carbocycles. The van der Waals surface area contributed by atoms with Gasteiger partial charge < -0.3 is 9.47 Å². The molecule has 20 heavy (non-hydrogen) atoms. The maximum atomic E-state index is 9.76. The van der Waals surface area contributed by atoms with Crippen molar-refractivity contribution in [2.24, 2.45) is 0 Å². The molecule has 0 radical (unpaired) electrons. The quantitative estimate of drug-likeness (QED) is 0.860. The van der Waals surface area contributed by atoms with Gasteiger partial charge in [-0.25, -0.2) is 0 Å². The third kappa shape index (κ3) is 3.01. The van der Waals surface area contributed by atoms with Crippen LogP contribution >= 0.6 is 0 Å². The van der Waals surface area contributed by atoms with Crippen molar-refractivity contribution < 1.29 is 9.47 Å². The monoisotopic (exact) mass is 272 g/mol. The van der Waals surface area contributed by atoms with Crippen LogP contribution in [0.5, 0.6) is 0 Å². The van der Waals surface area contributed by atoms with Crippen molar-refractivity contribution in [2.75, 3.05) is 19.8 Å². The van der Waals surface area contributed by atoms with E-state index in [1.807, 2.05) is 30.3 Å². The van der Waals surface area contributed by atoms with Gasteiger partial charge >= 0.3 is 0 Å². The third-order valence-corrected chi connectivity index (χ3v) is 3.91. The van der Waals surface area contributed by atoms with E-state index in [0.717, 1.165) is 31.4 Å². The molecule has 1 saturated carbocycles. The van der Waals surface area contributed by atoms with Gasteiger partial charge in [0.05, 0.1) is 25.4 Å². The zero-order valence-electron chi connectivity index (χ0n) is 11.5. The Balaban J connectivity index is 1.76. The van der Waals surface area contributed by atoms with Crippen LogP contribution in [-0.4, -0.2) is 32.0 Å². The van der Waals surface area contributed by atoms with E-state index in [4.69, 9.17) is 9.47 Å². The van der Waals surface area contributed by atoms with E-state index < -0.39 is 5.54 Å². The van der Waals surface area contributed by atoms with Crippen molar-refractivity contribution in [3.8, 4) is 6.07 Å². The van der Waals surface area contributed by atoms with Crippen LogP contribution in [0.15, 0.2) is 30.3 Å². The van der Waals surface area contributed by atoms with E-state index in [0.29, 0.717) is 19.3 Å². The van der Waals surface area contributed by atoms with E-state index in [2.05, 4.69) is 11.4 Å². The molecule has 1 saturated heterocycles. The molecule has 106 valence electrons. The summed E-state index contributed by atoms with van der Waals surface area (Å²) in [6.45, 7) is 1.77. The summed E-state index contributed by atoms with van der Waals surface area (Å²) >= 11 is 0. The van der Waals surface area contributed by atoms with Crippen LogP contribution in [0.25, 0.3) is 0 Å². The fourth-order valence-corrected chi connectivity index (χ4v) is 2.52. The lowest BCUT2D eigenvalue weighted by Gasteiger charge is -2.29. The zero-order valence-corrected chi connectivity index (χ0v) is 11.5. The van der Waals surface area contributed by atoms with E-state index in [1.54, 1.807) is 0 Å². The van der Waals surface area contributed by atoms with Gasteiger partial charge in [-0.15, -0.1) is 0 Å². The number of ether oxygens (including phenoxy) is 2. The molecule has 0 spiro atoms. The van der Waals surface area contributed by atoms with Gasteiger partial charge in [0, 0.05) is 12.6 Å². The molecule has 2 atom stereocenters. The van der Waals surface area contributed by atoms with Gasteiger partial charge in [0.25, 0.3) is 0 Å². The molecular weight excluding hydrogens is 252 g/mol. The summed E-state index contributed by atoms with van der Waals surface area (Å²) in [4.78, 5) is 0. The second-order valence-corrected chi connectivity index (χ2v) is 5.60. The molecule has 0 aromatic heterocycles. The Morgan fingerprint density at radius 2 is 2.10 bits per heavy atom. The molecule has 0 amide bonds. The predicted octanol–water partition coefficient (Wildman–Crippen LogP) is 1.96. The summed E-state index contributed by atoms with van der Waals surface area (Å²) in [6, 6.07) is 12.8. The van der Waals surface area contributed by atoms with Crippen LogP contribution in [0.3, 0.4) is 0 Å². The Morgan fingerprint density at radius 1 is 1.30 bits per heavy atom. The smallest absolute Gasteiger partial charge is 0.156 e. The Morgan fingerprint density at radius 3 is 2.70 bits per heavy atom. The molecule has 4 heteroatoms. The van der Waals surface area contributed by atoms with Gasteiger partial charge in [0.15, 0.2) is 5.54 Å². The molecule has 1 aliphatic heterocycles. The second kappa shape index (κ2) is 5.92. The van der Waals surface area contributed by atoms with E-state index >= 15 is 0 Å². The minimum atomic E-state index is -0.745. The highest BCUT2D eigenvalue weighted by Crippen LogP contribution is 2.29. The standard InChI is InChI=1S/C16H20N2O2/c17-11-16(18-14-6-7-14,13-4-2-1-3-5-13)12-20-15-8-9-19-10-15/h1-5,14-15,18H,6-10,12H2. The molecule has 2 aliphatic rings. The molecule has 1 heterocycles. The van der Waals surface area contributed by atoms with Gasteiger partial charge in [-0.3, -0.25) is 5.32 Å². The van der Waals surface area contributed by atoms with Crippen LogP contribution in [-0.2, 0) is 15.0 Å². The van der Waals surface area contributed by atoms with Crippen LogP contribution < -0.4 is 5.32 Å². The van der Waals surface area contributed by atoms with Crippen LogP contribution in [0.1, 0.15) is 24.8 Å². The first-order valence-electron chi connectivity index (χ1n) is 7.26. The van der Waals surface area contributed by atoms with Crippen LogP contribution in [0, 0.1) is 11.3 Å². The normalized spacial score (nSPS) is 25.1. The minimum Gasteiger partial charge on any atom is -0.379 e. The number of hydrogen-bond donors (Lipinski definition) is 1. The number of hydrogen-bond acceptors (Lipinski definition) is 4. The van der Waals surface area contributed by atoms with Gasteiger partial charge in [-0.1, -0.05) is 30.3 Å². The second-order valence-electron chi connectivity index (χ2n) is 5.60. The Bertz CT molecular complexity index is 475. The number of nitrogens with one attached hydrogen (secondary N) is 1. The Labute approximate surface area is 119 Å². The highest BCUT2D eigenvalue weighted by atomic mass is 16.5. The summed E-state index contributed by atoms with van der Waals surface area (Å²) in [5.41, 5.74) is 0.235. The molecule has 1 aromatic rings. The minimum absolute atomic E-state index is 0.118. The van der Waals surface area contributed by atoms with E-state index in [9.17, 15) is 5.26 Å². The summed E-state index contributed by atoms with van der Waals surface area (Å²) in [7, 11) is 0. The Kier molecular flexibility index (Phi) is 4.02. The van der Waals surface area contributed by atoms with Crippen molar-refractivity contribution in [2.45, 2.75) is 36.9 Å². The largest absolute Gasteiger partial charge is 0.379 e. The first-order chi connectivity index (χ1) is 9.82. The third-order valence-electron chi connectivity index (χ3n) is 3.91. The average molecular weight is 272 g/mol. The summed E-state index contributed by atoms with van der Waals surface area (Å²) in [5.74, 6) is 0. The molecular formula is C16H20N2O2. The van der Waals surface area contributed by atoms with Gasteiger partial charge in [-0.2, -0.15) is 5.26 Å². The highest BCUT2D eigenvalue weighted by molar-refractivity contribution is 5.32. The number of rotatable bonds is 6. The van der Waals surface area contributed by atoms with E-state index in [1.165, 1.54) is 0 Å². The number of benzene rings is 1. The predicted molar refractivity (Wildman–Crippen MR) is 75.1 cm³/mol. The first kappa shape index (κ1) is 13.6.